The van der Waals surface area contributed by atoms with E-state index in [1.54, 1.807) is 46.9 Å². The van der Waals surface area contributed by atoms with E-state index in [4.69, 9.17) is 0 Å². The van der Waals surface area contributed by atoms with Crippen molar-refractivity contribution in [2.75, 3.05) is 18.8 Å². The average Bonchev–Trinajstić information content (AvgIpc) is 3.31. The van der Waals surface area contributed by atoms with Gasteiger partial charge in [0.05, 0.1) is 16.7 Å². The molecule has 136 valence electrons. The molecule has 0 spiro atoms. The van der Waals surface area contributed by atoms with Crippen molar-refractivity contribution in [3.63, 3.8) is 0 Å². The quantitative estimate of drug-likeness (QED) is 0.529. The van der Waals surface area contributed by atoms with Gasteiger partial charge in [-0.15, -0.1) is 22.7 Å². The van der Waals surface area contributed by atoms with Crippen LogP contribution in [0.4, 0.5) is 0 Å². The van der Waals surface area contributed by atoms with Crippen molar-refractivity contribution in [2.45, 2.75) is 17.4 Å². The molecule has 1 aromatic carbocycles. The first kappa shape index (κ1) is 18.4. The smallest absolute Gasteiger partial charge is 0.179 e. The molecule has 0 fully saturated rings. The zero-order valence-corrected chi connectivity index (χ0v) is 18.0. The van der Waals surface area contributed by atoms with Gasteiger partial charge in [-0.2, -0.15) is 0 Å². The third-order valence-corrected chi connectivity index (χ3v) is 8.86. The Bertz CT molecular complexity index is 978. The van der Waals surface area contributed by atoms with Gasteiger partial charge in [0.15, 0.2) is 9.84 Å². The zero-order valence-electron chi connectivity index (χ0n) is 14.0. The predicted octanol–water partition coefficient (Wildman–Crippen LogP) is 4.99. The largest absolute Gasteiger partial charge is 0.290 e. The Hall–Kier alpha value is -0.990. The second kappa shape index (κ2) is 7.56. The molecule has 7 heteroatoms. The molecule has 0 aliphatic carbocycles. The van der Waals surface area contributed by atoms with Crippen LogP contribution in [0.1, 0.15) is 21.4 Å². The summed E-state index contributed by atoms with van der Waals surface area (Å²) in [4.78, 5) is 5.42. The first-order valence-electron chi connectivity index (χ1n) is 8.37. The summed E-state index contributed by atoms with van der Waals surface area (Å²) in [6.45, 7) is 1.43. The molecule has 1 aliphatic heterocycles. The van der Waals surface area contributed by atoms with Crippen LogP contribution in [-0.2, 0) is 16.3 Å². The summed E-state index contributed by atoms with van der Waals surface area (Å²) >= 11 is 6.90. The molecule has 0 N–H and O–H groups in total. The fourth-order valence-electron chi connectivity index (χ4n) is 3.39. The number of halogens is 1. The Morgan fingerprint density at radius 3 is 2.62 bits per heavy atom. The minimum absolute atomic E-state index is 0.135. The number of hydrogen-bond donors (Lipinski definition) is 0. The minimum atomic E-state index is -3.29. The first-order valence-corrected chi connectivity index (χ1v) is 12.6. The van der Waals surface area contributed by atoms with Gasteiger partial charge in [0.1, 0.15) is 0 Å². The molecule has 1 aliphatic rings. The van der Waals surface area contributed by atoms with Crippen molar-refractivity contribution in [2.24, 2.45) is 0 Å². The molecule has 26 heavy (non-hydrogen) atoms. The molecule has 0 radical (unpaired) electrons. The minimum Gasteiger partial charge on any atom is -0.290 e. The molecule has 4 rings (SSSR count). The van der Waals surface area contributed by atoms with Crippen LogP contribution in [0.5, 0.6) is 0 Å². The monoisotopic (exact) mass is 467 g/mol. The Labute approximate surface area is 170 Å². The fourth-order valence-corrected chi connectivity index (χ4v) is 6.69. The molecule has 1 atom stereocenters. The van der Waals surface area contributed by atoms with Crippen molar-refractivity contribution >= 4 is 48.4 Å². The van der Waals surface area contributed by atoms with Gasteiger partial charge in [-0.1, -0.05) is 22.0 Å². The lowest BCUT2D eigenvalue weighted by molar-refractivity contribution is 0.231. The van der Waals surface area contributed by atoms with Gasteiger partial charge in [0.25, 0.3) is 0 Å². The number of nitrogens with zero attached hydrogens (tertiary/aromatic N) is 1. The van der Waals surface area contributed by atoms with Crippen molar-refractivity contribution in [3.8, 4) is 0 Å². The van der Waals surface area contributed by atoms with Crippen LogP contribution in [0, 0.1) is 0 Å². The summed E-state index contributed by atoms with van der Waals surface area (Å²) in [5.41, 5.74) is 1.34. The maximum absolute atomic E-state index is 12.7. The second-order valence-electron chi connectivity index (χ2n) is 6.28. The average molecular weight is 468 g/mol. The molecule has 3 aromatic rings. The van der Waals surface area contributed by atoms with Gasteiger partial charge in [0, 0.05) is 27.3 Å². The molecule has 3 heterocycles. The highest BCUT2D eigenvalue weighted by Crippen LogP contribution is 2.39. The highest BCUT2D eigenvalue weighted by Gasteiger charge is 2.31. The molecule has 0 saturated carbocycles. The predicted molar refractivity (Wildman–Crippen MR) is 112 cm³/mol. The molecular weight excluding hydrogens is 450 g/mol. The number of fused-ring (bicyclic) bond motifs is 1. The lowest BCUT2D eigenvalue weighted by Gasteiger charge is -2.35. The number of benzene rings is 1. The Kier molecular flexibility index (Phi) is 5.34. The molecule has 2 aromatic heterocycles. The van der Waals surface area contributed by atoms with Crippen molar-refractivity contribution in [1.29, 1.82) is 0 Å². The second-order valence-corrected chi connectivity index (χ2v) is 11.3. The van der Waals surface area contributed by atoms with Gasteiger partial charge in [-0.25, -0.2) is 8.42 Å². The molecule has 3 nitrogen and oxygen atoms in total. The molecule has 0 unspecified atom stereocenters. The Morgan fingerprint density at radius 2 is 1.88 bits per heavy atom. The van der Waals surface area contributed by atoms with Crippen LogP contribution >= 0.6 is 38.6 Å². The van der Waals surface area contributed by atoms with Crippen LogP contribution in [-0.4, -0.2) is 32.2 Å². The Balaban J connectivity index is 1.56. The van der Waals surface area contributed by atoms with Crippen molar-refractivity contribution in [1.82, 2.24) is 4.90 Å². The third-order valence-electron chi connectivity index (χ3n) is 4.70. The van der Waals surface area contributed by atoms with Gasteiger partial charge >= 0.3 is 0 Å². The van der Waals surface area contributed by atoms with Gasteiger partial charge < -0.3 is 0 Å². The molecule has 0 amide bonds. The van der Waals surface area contributed by atoms with E-state index in [1.165, 1.54) is 15.3 Å². The van der Waals surface area contributed by atoms with E-state index in [-0.39, 0.29) is 11.8 Å². The lowest BCUT2D eigenvalue weighted by Crippen LogP contribution is -2.38. The lowest BCUT2D eigenvalue weighted by atomic mass is 9.99. The van der Waals surface area contributed by atoms with E-state index in [2.05, 4.69) is 49.8 Å². The normalized spacial score (nSPS) is 18.0. The summed E-state index contributed by atoms with van der Waals surface area (Å²) in [5.74, 6) is 0.135. The standard InChI is InChI=1S/C19H18BrNO2S3/c20-14-3-5-15(6-4-14)26(22,23)13-10-21-9-7-17-16(8-12-25-17)19(21)18-2-1-11-24-18/h1-6,8,11-12,19H,7,9-10,13H2/t19-/m0/s1. The molecule has 0 bridgehead atoms. The van der Waals surface area contributed by atoms with E-state index >= 15 is 0 Å². The van der Waals surface area contributed by atoms with E-state index < -0.39 is 9.84 Å². The maximum Gasteiger partial charge on any atom is 0.179 e. The maximum atomic E-state index is 12.7. The number of sulfone groups is 1. The van der Waals surface area contributed by atoms with Gasteiger partial charge in [0.2, 0.25) is 0 Å². The van der Waals surface area contributed by atoms with Crippen molar-refractivity contribution in [3.05, 3.63) is 73.0 Å². The van der Waals surface area contributed by atoms with Crippen LogP contribution in [0.2, 0.25) is 0 Å². The van der Waals surface area contributed by atoms with Gasteiger partial charge in [-0.05, 0) is 59.1 Å². The number of rotatable bonds is 5. The summed E-state index contributed by atoms with van der Waals surface area (Å²) in [5, 5.41) is 4.24. The van der Waals surface area contributed by atoms with E-state index in [9.17, 15) is 8.42 Å². The van der Waals surface area contributed by atoms with Crippen LogP contribution < -0.4 is 0 Å². The highest BCUT2D eigenvalue weighted by molar-refractivity contribution is 9.10. The van der Waals surface area contributed by atoms with E-state index in [0.717, 1.165) is 17.4 Å². The van der Waals surface area contributed by atoms with Gasteiger partial charge in [-0.3, -0.25) is 4.90 Å². The number of thiophene rings is 2. The Morgan fingerprint density at radius 1 is 1.08 bits per heavy atom. The summed E-state index contributed by atoms with van der Waals surface area (Å²) in [6, 6.07) is 13.5. The van der Waals surface area contributed by atoms with Crippen LogP contribution in [0.15, 0.2) is 62.6 Å². The fraction of sp³-hybridized carbons (Fsp3) is 0.263. The summed E-state index contributed by atoms with van der Waals surface area (Å²) < 4.78 is 26.4. The summed E-state index contributed by atoms with van der Waals surface area (Å²) in [7, 11) is -3.29. The third kappa shape index (κ3) is 3.68. The van der Waals surface area contributed by atoms with Crippen molar-refractivity contribution < 1.29 is 8.42 Å². The van der Waals surface area contributed by atoms with Crippen LogP contribution in [0.3, 0.4) is 0 Å². The van der Waals surface area contributed by atoms with E-state index in [0.29, 0.717) is 11.4 Å². The summed E-state index contributed by atoms with van der Waals surface area (Å²) in [6.07, 6.45) is 0.993. The van der Waals surface area contributed by atoms with E-state index in [1.807, 2.05) is 0 Å². The first-order chi connectivity index (χ1) is 12.5. The molecule has 0 saturated heterocycles. The SMILES string of the molecule is O=S(=O)(CCN1CCc2sccc2[C@H]1c1cccs1)c1ccc(Br)cc1. The highest BCUT2D eigenvalue weighted by atomic mass is 79.9. The van der Waals surface area contributed by atoms with Crippen LogP contribution in [0.25, 0.3) is 0 Å². The zero-order chi connectivity index (χ0) is 18.1. The molecular formula is C19H18BrNO2S3. The number of hydrogen-bond acceptors (Lipinski definition) is 5. The topological polar surface area (TPSA) is 37.4 Å².